The molecule has 0 aliphatic carbocycles. The highest BCUT2D eigenvalue weighted by Gasteiger charge is 2.41. The van der Waals surface area contributed by atoms with Crippen LogP contribution in [0.2, 0.25) is 0 Å². The van der Waals surface area contributed by atoms with Crippen LogP contribution in [0.25, 0.3) is 6.08 Å². The minimum Gasteiger partial charge on any atom is -0.493 e. The first-order valence-electron chi connectivity index (χ1n) is 11.8. The summed E-state index contributed by atoms with van der Waals surface area (Å²) in [4.78, 5) is 26.7. The van der Waals surface area contributed by atoms with E-state index in [1.165, 1.54) is 30.6 Å². The van der Waals surface area contributed by atoms with Gasteiger partial charge in [0.25, 0.3) is 5.91 Å². The molecule has 1 unspecified atom stereocenters. The number of thioether (sulfide) groups is 1. The van der Waals surface area contributed by atoms with Crippen LogP contribution in [0.15, 0.2) is 53.4 Å². The topological polar surface area (TPSA) is 76.1 Å². The van der Waals surface area contributed by atoms with Gasteiger partial charge >= 0.3 is 5.97 Å². The molecule has 0 aromatic heterocycles. The van der Waals surface area contributed by atoms with Gasteiger partial charge in [0.05, 0.1) is 18.6 Å². The Morgan fingerprint density at radius 3 is 2.49 bits per heavy atom. The molecule has 0 saturated carbocycles. The molecule has 0 radical (unpaired) electrons. The van der Waals surface area contributed by atoms with Crippen LogP contribution in [-0.2, 0) is 9.59 Å². The molecule has 1 heterocycles. The number of rotatable bonds is 13. The highest BCUT2D eigenvalue weighted by atomic mass is 32.2. The van der Waals surface area contributed by atoms with Crippen molar-refractivity contribution in [2.45, 2.75) is 51.5 Å². The lowest BCUT2D eigenvalue weighted by molar-refractivity contribution is -0.145. The number of nitrogens with zero attached hydrogens (tertiary/aromatic N) is 1. The third-order valence-corrected chi connectivity index (χ3v) is 7.00. The van der Waals surface area contributed by atoms with Crippen molar-refractivity contribution in [1.82, 2.24) is 4.90 Å². The maximum absolute atomic E-state index is 13.2. The lowest BCUT2D eigenvalue weighted by Crippen LogP contribution is -2.37. The maximum Gasteiger partial charge on any atom is 0.331 e. The number of hydrogen-bond acceptors (Lipinski definition) is 6. The number of thiocarbonyl (C=S) groups is 1. The molecule has 6 nitrogen and oxygen atoms in total. The summed E-state index contributed by atoms with van der Waals surface area (Å²) in [7, 11) is 1.58. The molecule has 1 amide bonds. The van der Waals surface area contributed by atoms with Gasteiger partial charge in [0.1, 0.15) is 4.32 Å². The number of methoxy groups -OCH3 is 1. The van der Waals surface area contributed by atoms with Gasteiger partial charge in [-0.3, -0.25) is 9.69 Å². The van der Waals surface area contributed by atoms with Crippen molar-refractivity contribution in [1.29, 1.82) is 0 Å². The number of carbonyl (C=O) groups is 2. The minimum absolute atomic E-state index is 0.211. The molecule has 1 saturated heterocycles. The van der Waals surface area contributed by atoms with E-state index in [1.807, 2.05) is 12.1 Å². The van der Waals surface area contributed by atoms with Crippen LogP contribution < -0.4 is 9.47 Å². The zero-order valence-electron chi connectivity index (χ0n) is 20.1. The van der Waals surface area contributed by atoms with E-state index in [2.05, 4.69) is 6.92 Å². The van der Waals surface area contributed by atoms with Crippen LogP contribution in [0, 0.1) is 0 Å². The van der Waals surface area contributed by atoms with Crippen molar-refractivity contribution < 1.29 is 24.2 Å². The highest BCUT2D eigenvalue weighted by molar-refractivity contribution is 8.26. The standard InChI is InChI=1S/C27H31NO5S2/c1-3-4-5-6-7-11-16-33-21-15-14-19(17-22(21)32-2)18-23-25(29)28(27(34)35-23)24(26(30)31)20-12-9-8-10-13-20/h8-10,12-15,17-18,24H,3-7,11,16H2,1-2H3,(H,30,31)/b23-18-. The molecule has 1 N–H and O–H groups in total. The van der Waals surface area contributed by atoms with Crippen molar-refractivity contribution >= 4 is 46.3 Å². The van der Waals surface area contributed by atoms with E-state index in [0.717, 1.165) is 30.2 Å². The summed E-state index contributed by atoms with van der Waals surface area (Å²) in [5.74, 6) is -0.338. The third kappa shape index (κ3) is 7.08. The quantitative estimate of drug-likeness (QED) is 0.187. The normalized spacial score (nSPS) is 15.5. The van der Waals surface area contributed by atoms with Crippen molar-refractivity contribution in [2.24, 2.45) is 0 Å². The summed E-state index contributed by atoms with van der Waals surface area (Å²) in [6.07, 6.45) is 8.82. The number of ether oxygens (including phenoxy) is 2. The van der Waals surface area contributed by atoms with Crippen LogP contribution in [-0.4, -0.2) is 39.9 Å². The van der Waals surface area contributed by atoms with Gasteiger partial charge in [-0.25, -0.2) is 4.79 Å². The minimum atomic E-state index is -1.18. The smallest absolute Gasteiger partial charge is 0.331 e. The van der Waals surface area contributed by atoms with Gasteiger partial charge in [-0.1, -0.05) is 99.4 Å². The Labute approximate surface area is 216 Å². The largest absolute Gasteiger partial charge is 0.493 e. The lowest BCUT2D eigenvalue weighted by Gasteiger charge is -2.23. The molecule has 2 aromatic rings. The fourth-order valence-electron chi connectivity index (χ4n) is 3.85. The van der Waals surface area contributed by atoms with Crippen molar-refractivity contribution in [3.8, 4) is 11.5 Å². The predicted octanol–water partition coefficient (Wildman–Crippen LogP) is 6.46. The van der Waals surface area contributed by atoms with Gasteiger partial charge in [0.2, 0.25) is 0 Å². The molecule has 3 rings (SSSR count). The number of unbranched alkanes of at least 4 members (excludes halogenated alkanes) is 5. The van der Waals surface area contributed by atoms with E-state index < -0.39 is 17.9 Å². The summed E-state index contributed by atoms with van der Waals surface area (Å²) in [5, 5.41) is 9.83. The molecular formula is C27H31NO5S2. The molecule has 1 atom stereocenters. The Morgan fingerprint density at radius 2 is 1.80 bits per heavy atom. The monoisotopic (exact) mass is 513 g/mol. The highest BCUT2D eigenvalue weighted by Crippen LogP contribution is 2.39. The second kappa shape index (κ2) is 13.3. The summed E-state index contributed by atoms with van der Waals surface area (Å²) in [6, 6.07) is 12.9. The second-order valence-corrected chi connectivity index (χ2v) is 9.91. The van der Waals surface area contributed by atoms with Gasteiger partial charge in [-0.05, 0) is 35.8 Å². The van der Waals surface area contributed by atoms with Crippen LogP contribution >= 0.6 is 24.0 Å². The molecular weight excluding hydrogens is 482 g/mol. The number of benzene rings is 2. The number of carboxylic acids is 1. The Balaban J connectivity index is 1.70. The third-order valence-electron chi connectivity index (χ3n) is 5.67. The number of hydrogen-bond donors (Lipinski definition) is 1. The van der Waals surface area contributed by atoms with Crippen molar-refractivity contribution in [3.05, 3.63) is 64.6 Å². The van der Waals surface area contributed by atoms with E-state index >= 15 is 0 Å². The van der Waals surface area contributed by atoms with Crippen LogP contribution in [0.4, 0.5) is 0 Å². The van der Waals surface area contributed by atoms with Gasteiger partial charge in [0.15, 0.2) is 17.5 Å². The average Bonchev–Trinajstić information content (AvgIpc) is 3.12. The van der Waals surface area contributed by atoms with E-state index in [1.54, 1.807) is 49.6 Å². The van der Waals surface area contributed by atoms with Crippen LogP contribution in [0.3, 0.4) is 0 Å². The Morgan fingerprint density at radius 1 is 1.09 bits per heavy atom. The molecule has 1 fully saturated rings. The average molecular weight is 514 g/mol. The molecule has 35 heavy (non-hydrogen) atoms. The summed E-state index contributed by atoms with van der Waals surface area (Å²) >= 11 is 6.48. The first-order valence-corrected chi connectivity index (χ1v) is 13.0. The zero-order valence-corrected chi connectivity index (χ0v) is 21.7. The van der Waals surface area contributed by atoms with Crippen LogP contribution in [0.1, 0.15) is 62.6 Å². The molecule has 0 bridgehead atoms. The first kappa shape index (κ1) is 26.8. The first-order chi connectivity index (χ1) is 17.0. The van der Waals surface area contributed by atoms with E-state index in [4.69, 9.17) is 21.7 Å². The van der Waals surface area contributed by atoms with Crippen molar-refractivity contribution in [3.63, 3.8) is 0 Å². The lowest BCUT2D eigenvalue weighted by atomic mass is 10.1. The summed E-state index contributed by atoms with van der Waals surface area (Å²) in [5.41, 5.74) is 1.23. The number of carbonyl (C=O) groups excluding carboxylic acids is 1. The molecule has 186 valence electrons. The SMILES string of the molecule is CCCCCCCCOc1ccc(/C=C2\SC(=S)N(C(C(=O)O)c3ccccc3)C2=O)cc1OC. The summed E-state index contributed by atoms with van der Waals surface area (Å²) < 4.78 is 11.6. The van der Waals surface area contributed by atoms with Gasteiger partial charge < -0.3 is 14.6 Å². The van der Waals surface area contributed by atoms with E-state index in [-0.39, 0.29) is 4.32 Å². The molecule has 0 spiro atoms. The van der Waals surface area contributed by atoms with Gasteiger partial charge in [0, 0.05) is 0 Å². The van der Waals surface area contributed by atoms with E-state index in [9.17, 15) is 14.7 Å². The van der Waals surface area contributed by atoms with E-state index in [0.29, 0.717) is 28.6 Å². The van der Waals surface area contributed by atoms with Gasteiger partial charge in [-0.2, -0.15) is 0 Å². The zero-order chi connectivity index (χ0) is 25.2. The maximum atomic E-state index is 13.2. The number of aliphatic carboxylic acids is 1. The number of amides is 1. The van der Waals surface area contributed by atoms with Gasteiger partial charge in [-0.15, -0.1) is 0 Å². The number of carboxylic acid groups (broad SMARTS) is 1. The molecule has 1 aliphatic rings. The summed E-state index contributed by atoms with van der Waals surface area (Å²) in [6.45, 7) is 2.83. The van der Waals surface area contributed by atoms with Crippen LogP contribution in [0.5, 0.6) is 11.5 Å². The Hall–Kier alpha value is -2.84. The fraction of sp³-hybridized carbons (Fsp3) is 0.370. The molecule has 1 aliphatic heterocycles. The Kier molecular flexibility index (Phi) is 10.2. The molecule has 2 aromatic carbocycles. The fourth-order valence-corrected chi connectivity index (χ4v) is 5.16. The predicted molar refractivity (Wildman–Crippen MR) is 144 cm³/mol. The molecule has 8 heteroatoms. The Bertz CT molecular complexity index is 1070. The van der Waals surface area contributed by atoms with Crippen molar-refractivity contribution in [2.75, 3.05) is 13.7 Å². The second-order valence-electron chi connectivity index (χ2n) is 8.23.